The monoisotopic (exact) mass is 282 g/mol. The van der Waals surface area contributed by atoms with Crippen molar-refractivity contribution in [2.45, 2.75) is 65.1 Å². The van der Waals surface area contributed by atoms with Gasteiger partial charge in [-0.2, -0.15) is 0 Å². The third-order valence-corrected chi connectivity index (χ3v) is 4.13. The Hall–Kier alpha value is -1.10. The minimum Gasteiger partial charge on any atom is -0.375 e. The predicted octanol–water partition coefficient (Wildman–Crippen LogP) is 1.32. The Labute approximate surface area is 121 Å². The first-order valence-corrected chi connectivity index (χ1v) is 7.34. The molecule has 5 heteroatoms. The molecule has 0 aromatic heterocycles. The second kappa shape index (κ2) is 5.02. The van der Waals surface area contributed by atoms with Crippen LogP contribution in [0.25, 0.3) is 0 Å². The molecule has 2 unspecified atom stereocenters. The highest BCUT2D eigenvalue weighted by atomic mass is 16.5. The molecule has 0 radical (unpaired) electrons. The lowest BCUT2D eigenvalue weighted by molar-refractivity contribution is -0.155. The largest absolute Gasteiger partial charge is 0.375 e. The fourth-order valence-corrected chi connectivity index (χ4v) is 3.03. The van der Waals surface area contributed by atoms with Crippen molar-refractivity contribution in [3.8, 4) is 0 Å². The summed E-state index contributed by atoms with van der Waals surface area (Å²) >= 11 is 0. The molecule has 0 aliphatic carbocycles. The van der Waals surface area contributed by atoms with Crippen molar-refractivity contribution in [3.05, 3.63) is 0 Å². The van der Waals surface area contributed by atoms with Gasteiger partial charge in [0.15, 0.2) is 0 Å². The molecule has 5 nitrogen and oxygen atoms in total. The van der Waals surface area contributed by atoms with E-state index >= 15 is 0 Å². The maximum absolute atomic E-state index is 12.7. The molecule has 2 rings (SSSR count). The highest BCUT2D eigenvalue weighted by Gasteiger charge is 2.44. The molecule has 2 atom stereocenters. The smallest absolute Gasteiger partial charge is 0.246 e. The second-order valence-electron chi connectivity index (χ2n) is 7.59. The number of rotatable bonds is 1. The van der Waals surface area contributed by atoms with Gasteiger partial charge in [-0.05, 0) is 32.1 Å². The molecule has 0 spiro atoms. The number of ether oxygens (including phenoxy) is 1. The van der Waals surface area contributed by atoms with Gasteiger partial charge in [-0.15, -0.1) is 0 Å². The van der Waals surface area contributed by atoms with Crippen molar-refractivity contribution in [2.24, 2.45) is 5.41 Å². The molecule has 0 aromatic carbocycles. The van der Waals surface area contributed by atoms with Crippen LogP contribution in [-0.4, -0.2) is 47.6 Å². The molecule has 2 fully saturated rings. The number of amides is 2. The van der Waals surface area contributed by atoms with E-state index in [0.29, 0.717) is 6.61 Å². The average Bonchev–Trinajstić information content (AvgIpc) is 2.29. The topological polar surface area (TPSA) is 58.6 Å². The van der Waals surface area contributed by atoms with Gasteiger partial charge in [0.25, 0.3) is 0 Å². The van der Waals surface area contributed by atoms with Gasteiger partial charge in [0, 0.05) is 12.6 Å². The van der Waals surface area contributed by atoms with Crippen LogP contribution in [0.3, 0.4) is 0 Å². The lowest BCUT2D eigenvalue weighted by Crippen LogP contribution is -2.65. The van der Waals surface area contributed by atoms with Crippen LogP contribution < -0.4 is 5.32 Å². The number of nitrogens with zero attached hydrogens (tertiary/aromatic N) is 1. The Kier molecular flexibility index (Phi) is 3.84. The van der Waals surface area contributed by atoms with E-state index in [9.17, 15) is 9.59 Å². The molecule has 114 valence electrons. The van der Waals surface area contributed by atoms with Crippen molar-refractivity contribution in [1.82, 2.24) is 10.2 Å². The summed E-state index contributed by atoms with van der Waals surface area (Å²) < 4.78 is 5.70. The SMILES string of the molecule is CC1(C)CC(N2CC(=O)NC(C(C)(C)C)C2=O)CCO1. The van der Waals surface area contributed by atoms with E-state index in [1.165, 1.54) is 0 Å². The van der Waals surface area contributed by atoms with Gasteiger partial charge in [0.2, 0.25) is 11.8 Å². The second-order valence-corrected chi connectivity index (χ2v) is 7.59. The molecule has 2 saturated heterocycles. The molecular formula is C15H26N2O3. The third kappa shape index (κ3) is 3.14. The van der Waals surface area contributed by atoms with Gasteiger partial charge in [0.1, 0.15) is 6.04 Å². The van der Waals surface area contributed by atoms with Crippen LogP contribution in [0.4, 0.5) is 0 Å². The van der Waals surface area contributed by atoms with Crippen molar-refractivity contribution < 1.29 is 14.3 Å². The van der Waals surface area contributed by atoms with Crippen LogP contribution in [0.5, 0.6) is 0 Å². The standard InChI is InChI=1S/C15H26N2O3/c1-14(2,3)12-13(19)17(9-11(18)16-12)10-6-7-20-15(4,5)8-10/h10,12H,6-9H2,1-5H3,(H,16,18). The van der Waals surface area contributed by atoms with E-state index in [-0.39, 0.29) is 35.4 Å². The molecule has 2 amide bonds. The zero-order chi connectivity index (χ0) is 15.1. The maximum Gasteiger partial charge on any atom is 0.246 e. The van der Waals surface area contributed by atoms with Crippen LogP contribution in [0.15, 0.2) is 0 Å². The highest BCUT2D eigenvalue weighted by Crippen LogP contribution is 2.30. The van der Waals surface area contributed by atoms with E-state index in [2.05, 4.69) is 5.32 Å². The van der Waals surface area contributed by atoms with Gasteiger partial charge in [-0.1, -0.05) is 20.8 Å². The van der Waals surface area contributed by atoms with E-state index in [1.54, 1.807) is 4.90 Å². The molecule has 0 saturated carbocycles. The molecule has 2 heterocycles. The fraction of sp³-hybridized carbons (Fsp3) is 0.867. The predicted molar refractivity (Wildman–Crippen MR) is 76.2 cm³/mol. The number of carbonyl (C=O) groups excluding carboxylic acids is 2. The molecular weight excluding hydrogens is 256 g/mol. The fourth-order valence-electron chi connectivity index (χ4n) is 3.03. The Bertz CT molecular complexity index is 412. The van der Waals surface area contributed by atoms with Crippen molar-refractivity contribution >= 4 is 11.8 Å². The summed E-state index contributed by atoms with van der Waals surface area (Å²) in [5.41, 5.74) is -0.500. The van der Waals surface area contributed by atoms with Crippen molar-refractivity contribution in [1.29, 1.82) is 0 Å². The van der Waals surface area contributed by atoms with Crippen LogP contribution in [0.1, 0.15) is 47.5 Å². The number of carbonyl (C=O) groups is 2. The van der Waals surface area contributed by atoms with E-state index in [0.717, 1.165) is 12.8 Å². The van der Waals surface area contributed by atoms with Gasteiger partial charge in [-0.3, -0.25) is 9.59 Å². The minimum absolute atomic E-state index is 0.0415. The highest BCUT2D eigenvalue weighted by molar-refractivity contribution is 5.95. The molecule has 0 aromatic rings. The molecule has 2 aliphatic heterocycles. The van der Waals surface area contributed by atoms with Gasteiger partial charge in [-0.25, -0.2) is 0 Å². The van der Waals surface area contributed by atoms with Crippen molar-refractivity contribution in [2.75, 3.05) is 13.2 Å². The Morgan fingerprint density at radius 2 is 1.95 bits per heavy atom. The zero-order valence-corrected chi connectivity index (χ0v) is 13.2. The van der Waals surface area contributed by atoms with Crippen LogP contribution >= 0.6 is 0 Å². The summed E-state index contributed by atoms with van der Waals surface area (Å²) in [5.74, 6) is -0.0198. The minimum atomic E-state index is -0.435. The number of hydrogen-bond acceptors (Lipinski definition) is 3. The van der Waals surface area contributed by atoms with Gasteiger partial charge in [0.05, 0.1) is 12.1 Å². The van der Waals surface area contributed by atoms with Gasteiger partial charge < -0.3 is 15.0 Å². The first kappa shape index (κ1) is 15.3. The summed E-state index contributed by atoms with van der Waals surface area (Å²) in [6.45, 7) is 10.8. The molecule has 1 N–H and O–H groups in total. The van der Waals surface area contributed by atoms with E-state index < -0.39 is 6.04 Å². The summed E-state index contributed by atoms with van der Waals surface area (Å²) in [7, 11) is 0. The van der Waals surface area contributed by atoms with Crippen molar-refractivity contribution in [3.63, 3.8) is 0 Å². The maximum atomic E-state index is 12.7. The Morgan fingerprint density at radius 1 is 1.30 bits per heavy atom. The summed E-state index contributed by atoms with van der Waals surface area (Å²) in [6.07, 6.45) is 1.59. The lowest BCUT2D eigenvalue weighted by atomic mass is 9.83. The first-order valence-electron chi connectivity index (χ1n) is 7.34. The lowest BCUT2D eigenvalue weighted by Gasteiger charge is -2.46. The summed E-state index contributed by atoms with van der Waals surface area (Å²) in [4.78, 5) is 26.4. The Morgan fingerprint density at radius 3 is 2.50 bits per heavy atom. The summed E-state index contributed by atoms with van der Waals surface area (Å²) in [5, 5.41) is 2.83. The quantitative estimate of drug-likeness (QED) is 0.789. The van der Waals surface area contributed by atoms with E-state index in [4.69, 9.17) is 4.74 Å². The van der Waals surface area contributed by atoms with Crippen LogP contribution in [-0.2, 0) is 14.3 Å². The molecule has 20 heavy (non-hydrogen) atoms. The van der Waals surface area contributed by atoms with E-state index in [1.807, 2.05) is 34.6 Å². The Balaban J connectivity index is 2.18. The molecule has 2 aliphatic rings. The number of nitrogens with one attached hydrogen (secondary N) is 1. The first-order chi connectivity index (χ1) is 9.10. The summed E-state index contributed by atoms with van der Waals surface area (Å²) in [6, 6.07) is -0.336. The zero-order valence-electron chi connectivity index (χ0n) is 13.2. The van der Waals surface area contributed by atoms with Crippen LogP contribution in [0, 0.1) is 5.41 Å². The third-order valence-electron chi connectivity index (χ3n) is 4.13. The van der Waals surface area contributed by atoms with Crippen LogP contribution in [0.2, 0.25) is 0 Å². The number of hydrogen-bond donors (Lipinski definition) is 1. The van der Waals surface area contributed by atoms with Gasteiger partial charge >= 0.3 is 0 Å². The molecule has 0 bridgehead atoms. The normalized spacial score (nSPS) is 31.1. The average molecular weight is 282 g/mol. The number of piperazine rings is 1.